The number of rotatable bonds is 4. The highest BCUT2D eigenvalue weighted by Gasteiger charge is 2.28. The van der Waals surface area contributed by atoms with E-state index in [1.807, 2.05) is 0 Å². The molecule has 0 heterocycles. The standard InChI is InChI=1S/C15H22N2O3.ClH/c1-20-11-5-6-13(18)12(9-11)14(19)17-10-15(16)7-3-2-4-8-15;/h5-6,9,18H,2-4,7-8,10,16H2,1H3,(H,17,19);1H. The lowest BCUT2D eigenvalue weighted by molar-refractivity contribution is 0.0934. The number of aromatic hydroxyl groups is 1. The molecule has 1 aliphatic carbocycles. The molecule has 1 aromatic rings. The number of hydrogen-bond acceptors (Lipinski definition) is 4. The predicted molar refractivity (Wildman–Crippen MR) is 84.2 cm³/mol. The molecule has 0 aromatic heterocycles. The fourth-order valence-corrected chi connectivity index (χ4v) is 2.61. The van der Waals surface area contributed by atoms with Crippen LogP contribution in [-0.2, 0) is 0 Å². The Morgan fingerprint density at radius 3 is 2.67 bits per heavy atom. The molecule has 118 valence electrons. The zero-order valence-electron chi connectivity index (χ0n) is 12.2. The van der Waals surface area contributed by atoms with Gasteiger partial charge in [0.15, 0.2) is 0 Å². The van der Waals surface area contributed by atoms with E-state index in [1.54, 1.807) is 6.07 Å². The predicted octanol–water partition coefficient (Wildman–Crippen LogP) is 2.21. The summed E-state index contributed by atoms with van der Waals surface area (Å²) in [5.74, 6) is 0.155. The van der Waals surface area contributed by atoms with E-state index < -0.39 is 0 Å². The van der Waals surface area contributed by atoms with Crippen LogP contribution in [0, 0.1) is 0 Å². The highest BCUT2D eigenvalue weighted by molar-refractivity contribution is 5.97. The molecule has 0 bridgehead atoms. The van der Waals surface area contributed by atoms with Crippen LogP contribution in [0.1, 0.15) is 42.5 Å². The summed E-state index contributed by atoms with van der Waals surface area (Å²) in [6, 6.07) is 4.58. The van der Waals surface area contributed by atoms with Crippen molar-refractivity contribution < 1.29 is 14.6 Å². The van der Waals surface area contributed by atoms with Crippen LogP contribution in [0.2, 0.25) is 0 Å². The number of hydrogen-bond donors (Lipinski definition) is 3. The van der Waals surface area contributed by atoms with Gasteiger partial charge in [0.1, 0.15) is 11.5 Å². The number of carbonyl (C=O) groups is 1. The number of amides is 1. The lowest BCUT2D eigenvalue weighted by Crippen LogP contribution is -2.51. The topological polar surface area (TPSA) is 84.6 Å². The molecule has 0 spiro atoms. The number of methoxy groups -OCH3 is 1. The summed E-state index contributed by atoms with van der Waals surface area (Å²) in [5.41, 5.74) is 6.17. The fraction of sp³-hybridized carbons (Fsp3) is 0.533. The van der Waals surface area contributed by atoms with Gasteiger partial charge in [-0.05, 0) is 31.0 Å². The molecular weight excluding hydrogens is 292 g/mol. The van der Waals surface area contributed by atoms with Crippen LogP contribution >= 0.6 is 12.4 Å². The molecule has 0 aliphatic heterocycles. The molecule has 6 heteroatoms. The highest BCUT2D eigenvalue weighted by Crippen LogP contribution is 2.26. The summed E-state index contributed by atoms with van der Waals surface area (Å²) in [6.45, 7) is 0.433. The molecular formula is C15H23ClN2O3. The normalized spacial score (nSPS) is 16.7. The number of ether oxygens (including phenoxy) is 1. The first-order valence-electron chi connectivity index (χ1n) is 6.98. The Labute approximate surface area is 131 Å². The van der Waals surface area contributed by atoms with Crippen molar-refractivity contribution in [2.45, 2.75) is 37.6 Å². The number of halogens is 1. The first kappa shape index (κ1) is 17.6. The van der Waals surface area contributed by atoms with Gasteiger partial charge in [0.2, 0.25) is 0 Å². The summed E-state index contributed by atoms with van der Waals surface area (Å²) >= 11 is 0. The van der Waals surface area contributed by atoms with Crippen molar-refractivity contribution in [2.24, 2.45) is 5.73 Å². The van der Waals surface area contributed by atoms with Crippen LogP contribution in [0.4, 0.5) is 0 Å². The molecule has 1 saturated carbocycles. The number of nitrogens with two attached hydrogens (primary N) is 1. The first-order chi connectivity index (χ1) is 9.54. The minimum Gasteiger partial charge on any atom is -0.507 e. The quantitative estimate of drug-likeness (QED) is 0.795. The molecule has 1 fully saturated rings. The number of carbonyl (C=O) groups excluding carboxylic acids is 1. The fourth-order valence-electron chi connectivity index (χ4n) is 2.61. The van der Waals surface area contributed by atoms with Crippen molar-refractivity contribution in [1.82, 2.24) is 5.32 Å². The van der Waals surface area contributed by atoms with Gasteiger partial charge in [-0.15, -0.1) is 12.4 Å². The number of phenols is 1. The van der Waals surface area contributed by atoms with E-state index >= 15 is 0 Å². The molecule has 0 radical (unpaired) electrons. The van der Waals surface area contributed by atoms with Gasteiger partial charge in [0, 0.05) is 12.1 Å². The second-order valence-corrected chi connectivity index (χ2v) is 5.49. The van der Waals surface area contributed by atoms with Crippen LogP contribution < -0.4 is 15.8 Å². The van der Waals surface area contributed by atoms with Crippen LogP contribution in [-0.4, -0.2) is 30.2 Å². The minimum atomic E-state index is -0.322. The molecule has 0 unspecified atom stereocenters. The smallest absolute Gasteiger partial charge is 0.255 e. The summed E-state index contributed by atoms with van der Waals surface area (Å²) in [5, 5.41) is 12.6. The third-order valence-electron chi connectivity index (χ3n) is 3.90. The van der Waals surface area contributed by atoms with Crippen molar-refractivity contribution in [1.29, 1.82) is 0 Å². The molecule has 0 atom stereocenters. The maximum atomic E-state index is 12.1. The van der Waals surface area contributed by atoms with Crippen molar-refractivity contribution >= 4 is 18.3 Å². The molecule has 0 saturated heterocycles. The number of phenolic OH excluding ortho intramolecular Hbond substituents is 1. The van der Waals surface area contributed by atoms with Crippen molar-refractivity contribution in [3.63, 3.8) is 0 Å². The third-order valence-corrected chi connectivity index (χ3v) is 3.90. The van der Waals surface area contributed by atoms with Gasteiger partial charge >= 0.3 is 0 Å². The van der Waals surface area contributed by atoms with Gasteiger partial charge in [0.25, 0.3) is 5.91 Å². The monoisotopic (exact) mass is 314 g/mol. The highest BCUT2D eigenvalue weighted by atomic mass is 35.5. The van der Waals surface area contributed by atoms with Crippen LogP contribution in [0.25, 0.3) is 0 Å². The third kappa shape index (κ3) is 4.51. The van der Waals surface area contributed by atoms with Gasteiger partial charge in [-0.1, -0.05) is 19.3 Å². The molecule has 5 nitrogen and oxygen atoms in total. The van der Waals surface area contributed by atoms with E-state index in [1.165, 1.54) is 25.7 Å². The second kappa shape index (κ2) is 7.52. The maximum Gasteiger partial charge on any atom is 0.255 e. The summed E-state index contributed by atoms with van der Waals surface area (Å²) in [6.07, 6.45) is 5.28. The summed E-state index contributed by atoms with van der Waals surface area (Å²) in [4.78, 5) is 12.1. The molecule has 1 amide bonds. The van der Waals surface area contributed by atoms with Crippen LogP contribution in [0.3, 0.4) is 0 Å². The van der Waals surface area contributed by atoms with Crippen LogP contribution in [0.5, 0.6) is 11.5 Å². The summed E-state index contributed by atoms with van der Waals surface area (Å²) in [7, 11) is 1.52. The SMILES string of the molecule is COc1ccc(O)c(C(=O)NCC2(N)CCCCC2)c1.Cl. The van der Waals surface area contributed by atoms with E-state index in [4.69, 9.17) is 10.5 Å². The zero-order chi connectivity index (χ0) is 14.6. The molecule has 1 aliphatic rings. The summed E-state index contributed by atoms with van der Waals surface area (Å²) < 4.78 is 5.06. The lowest BCUT2D eigenvalue weighted by atomic mass is 9.82. The van der Waals surface area contributed by atoms with Gasteiger partial charge < -0.3 is 20.9 Å². The molecule has 21 heavy (non-hydrogen) atoms. The largest absolute Gasteiger partial charge is 0.507 e. The van der Waals surface area contributed by atoms with Crippen molar-refractivity contribution in [2.75, 3.05) is 13.7 Å². The Morgan fingerprint density at radius 1 is 1.38 bits per heavy atom. The second-order valence-electron chi connectivity index (χ2n) is 5.49. The Morgan fingerprint density at radius 2 is 2.05 bits per heavy atom. The zero-order valence-corrected chi connectivity index (χ0v) is 13.0. The average Bonchev–Trinajstić information content (AvgIpc) is 2.46. The number of nitrogens with one attached hydrogen (secondary N) is 1. The minimum absolute atomic E-state index is 0. The molecule has 2 rings (SSSR count). The van der Waals surface area contributed by atoms with E-state index in [2.05, 4.69) is 5.32 Å². The molecule has 1 aromatic carbocycles. The van der Waals surface area contributed by atoms with E-state index in [0.717, 1.165) is 25.7 Å². The Hall–Kier alpha value is -1.46. The maximum absolute atomic E-state index is 12.1. The van der Waals surface area contributed by atoms with Gasteiger partial charge in [-0.2, -0.15) is 0 Å². The van der Waals surface area contributed by atoms with E-state index in [0.29, 0.717) is 12.3 Å². The van der Waals surface area contributed by atoms with Crippen LogP contribution in [0.15, 0.2) is 18.2 Å². The Bertz CT molecular complexity index is 488. The average molecular weight is 315 g/mol. The van der Waals surface area contributed by atoms with Gasteiger partial charge in [-0.3, -0.25) is 4.79 Å². The Kier molecular flexibility index (Phi) is 6.30. The number of benzene rings is 1. The molecule has 4 N–H and O–H groups in total. The van der Waals surface area contributed by atoms with Gasteiger partial charge in [0.05, 0.1) is 12.7 Å². The van der Waals surface area contributed by atoms with Crippen molar-refractivity contribution in [3.05, 3.63) is 23.8 Å². The first-order valence-corrected chi connectivity index (χ1v) is 6.98. The van der Waals surface area contributed by atoms with E-state index in [9.17, 15) is 9.90 Å². The van der Waals surface area contributed by atoms with Crippen molar-refractivity contribution in [3.8, 4) is 11.5 Å². The Balaban J connectivity index is 0.00000220. The lowest BCUT2D eigenvalue weighted by Gasteiger charge is -2.33. The van der Waals surface area contributed by atoms with Gasteiger partial charge in [-0.25, -0.2) is 0 Å². The van der Waals surface area contributed by atoms with E-state index in [-0.39, 0.29) is 35.2 Å².